The molecule has 0 spiro atoms. The average molecular weight is 335 g/mol. The van der Waals surface area contributed by atoms with Crippen molar-refractivity contribution in [3.05, 3.63) is 47.5 Å². The fourth-order valence-electron chi connectivity index (χ4n) is 2.07. The van der Waals surface area contributed by atoms with Gasteiger partial charge in [0.2, 0.25) is 0 Å². The predicted molar refractivity (Wildman–Crippen MR) is 92.9 cm³/mol. The Bertz CT molecular complexity index is 689. The lowest BCUT2D eigenvalue weighted by Crippen LogP contribution is -2.22. The van der Waals surface area contributed by atoms with Crippen molar-refractivity contribution in [2.45, 2.75) is 0 Å². The van der Waals surface area contributed by atoms with Gasteiger partial charge in [-0.1, -0.05) is 23.7 Å². The Morgan fingerprint density at radius 1 is 1.17 bits per heavy atom. The minimum Gasteiger partial charge on any atom is -0.493 e. The van der Waals surface area contributed by atoms with Gasteiger partial charge in [0.15, 0.2) is 18.1 Å². The van der Waals surface area contributed by atoms with Gasteiger partial charge in [-0.05, 0) is 30.3 Å². The van der Waals surface area contributed by atoms with E-state index in [4.69, 9.17) is 21.1 Å². The van der Waals surface area contributed by atoms with E-state index in [-0.39, 0.29) is 12.5 Å². The number of carbonyl (C=O) groups excluding carboxylic acids is 1. The third-order valence-corrected chi connectivity index (χ3v) is 3.38. The van der Waals surface area contributed by atoms with Gasteiger partial charge < -0.3 is 19.7 Å². The molecule has 0 saturated heterocycles. The molecule has 5 nitrogen and oxygen atoms in total. The first-order valence-electron chi connectivity index (χ1n) is 7.04. The highest BCUT2D eigenvalue weighted by atomic mass is 35.5. The number of nitrogens with one attached hydrogen (secondary N) is 1. The highest BCUT2D eigenvalue weighted by Crippen LogP contribution is 2.28. The van der Waals surface area contributed by atoms with Crippen LogP contribution in [0.5, 0.6) is 11.5 Å². The van der Waals surface area contributed by atoms with Gasteiger partial charge in [-0.3, -0.25) is 4.79 Å². The van der Waals surface area contributed by atoms with E-state index in [9.17, 15) is 4.79 Å². The van der Waals surface area contributed by atoms with Crippen LogP contribution in [0.2, 0.25) is 5.02 Å². The summed E-state index contributed by atoms with van der Waals surface area (Å²) in [6, 6.07) is 12.5. The van der Waals surface area contributed by atoms with Crippen molar-refractivity contribution < 1.29 is 14.3 Å². The van der Waals surface area contributed by atoms with Crippen LogP contribution in [0.15, 0.2) is 42.5 Å². The van der Waals surface area contributed by atoms with Gasteiger partial charge in [-0.25, -0.2) is 0 Å². The van der Waals surface area contributed by atoms with Crippen LogP contribution in [0.3, 0.4) is 0 Å². The number of carbonyl (C=O) groups is 1. The second kappa shape index (κ2) is 7.74. The number of hydrogen-bond acceptors (Lipinski definition) is 4. The number of amides is 1. The molecule has 23 heavy (non-hydrogen) atoms. The first-order valence-corrected chi connectivity index (χ1v) is 7.41. The number of para-hydroxylation sites is 2. The molecule has 1 N–H and O–H groups in total. The monoisotopic (exact) mass is 334 g/mol. The molecule has 2 rings (SSSR count). The number of halogens is 1. The van der Waals surface area contributed by atoms with Gasteiger partial charge in [-0.15, -0.1) is 0 Å². The van der Waals surface area contributed by atoms with E-state index >= 15 is 0 Å². The molecule has 2 aromatic carbocycles. The zero-order valence-electron chi connectivity index (χ0n) is 13.3. The Kier molecular flexibility index (Phi) is 5.71. The third-order valence-electron chi connectivity index (χ3n) is 3.14. The molecule has 0 bridgehead atoms. The number of rotatable bonds is 6. The summed E-state index contributed by atoms with van der Waals surface area (Å²) in [7, 11) is 5.34. The maximum Gasteiger partial charge on any atom is 0.262 e. The molecular weight excluding hydrogens is 316 g/mol. The summed E-state index contributed by atoms with van der Waals surface area (Å²) in [5, 5.41) is 3.36. The highest BCUT2D eigenvalue weighted by molar-refractivity contribution is 6.31. The predicted octanol–water partition coefficient (Wildman–Crippen LogP) is 3.43. The summed E-state index contributed by atoms with van der Waals surface area (Å²) in [4.78, 5) is 14.0. The highest BCUT2D eigenvalue weighted by Gasteiger charge is 2.11. The quantitative estimate of drug-likeness (QED) is 0.879. The van der Waals surface area contributed by atoms with Gasteiger partial charge in [0.05, 0.1) is 18.5 Å². The van der Waals surface area contributed by atoms with Crippen LogP contribution in [0, 0.1) is 0 Å². The first kappa shape index (κ1) is 17.0. The molecular formula is C17H19ClN2O3. The minimum absolute atomic E-state index is 0.125. The fourth-order valence-corrected chi connectivity index (χ4v) is 2.24. The van der Waals surface area contributed by atoms with Crippen molar-refractivity contribution in [3.8, 4) is 11.5 Å². The lowest BCUT2D eigenvalue weighted by molar-refractivity contribution is -0.118. The summed E-state index contributed by atoms with van der Waals surface area (Å²) >= 11 is 6.00. The minimum atomic E-state index is -0.277. The van der Waals surface area contributed by atoms with Crippen LogP contribution in [0.4, 0.5) is 11.4 Å². The van der Waals surface area contributed by atoms with Crippen molar-refractivity contribution in [3.63, 3.8) is 0 Å². The van der Waals surface area contributed by atoms with Crippen LogP contribution in [-0.4, -0.2) is 33.7 Å². The van der Waals surface area contributed by atoms with E-state index in [0.717, 1.165) is 5.69 Å². The summed E-state index contributed by atoms with van der Waals surface area (Å²) in [6.45, 7) is -0.125. The number of hydrogen-bond donors (Lipinski definition) is 1. The van der Waals surface area contributed by atoms with Crippen molar-refractivity contribution in [1.82, 2.24) is 0 Å². The molecule has 0 aliphatic rings. The van der Waals surface area contributed by atoms with Crippen molar-refractivity contribution in [2.24, 2.45) is 0 Å². The Morgan fingerprint density at radius 2 is 1.87 bits per heavy atom. The van der Waals surface area contributed by atoms with Crippen molar-refractivity contribution in [2.75, 3.05) is 38.0 Å². The summed E-state index contributed by atoms with van der Waals surface area (Å²) in [5.41, 5.74) is 1.50. The molecule has 0 aliphatic carbocycles. The second-order valence-electron chi connectivity index (χ2n) is 5.04. The lowest BCUT2D eigenvalue weighted by Gasteiger charge is -2.18. The molecule has 0 aromatic heterocycles. The molecule has 0 unspecified atom stereocenters. The molecule has 0 atom stereocenters. The topological polar surface area (TPSA) is 50.8 Å². The van der Waals surface area contributed by atoms with Gasteiger partial charge >= 0.3 is 0 Å². The van der Waals surface area contributed by atoms with E-state index in [1.807, 2.05) is 37.2 Å². The third kappa shape index (κ3) is 4.53. The first-order chi connectivity index (χ1) is 11.0. The van der Waals surface area contributed by atoms with Crippen LogP contribution in [0.1, 0.15) is 0 Å². The van der Waals surface area contributed by atoms with E-state index in [0.29, 0.717) is 22.2 Å². The van der Waals surface area contributed by atoms with Crippen LogP contribution < -0.4 is 19.7 Å². The Morgan fingerprint density at radius 3 is 2.52 bits per heavy atom. The van der Waals surface area contributed by atoms with E-state index < -0.39 is 0 Å². The molecule has 0 aliphatic heterocycles. The maximum absolute atomic E-state index is 12.1. The fraction of sp³-hybridized carbons (Fsp3) is 0.235. The van der Waals surface area contributed by atoms with Crippen LogP contribution >= 0.6 is 11.6 Å². The van der Waals surface area contributed by atoms with Crippen LogP contribution in [-0.2, 0) is 4.79 Å². The number of nitrogens with zero attached hydrogens (tertiary/aromatic N) is 1. The Labute approximate surface area is 140 Å². The maximum atomic E-state index is 12.1. The standard InChI is InChI=1S/C17H19ClN2O3/c1-20(2)14-9-8-12(18)10-13(14)19-17(21)11-23-16-7-5-4-6-15(16)22-3/h4-10H,11H2,1-3H3,(H,19,21). The van der Waals surface area contributed by atoms with Gasteiger partial charge in [0.25, 0.3) is 5.91 Å². The zero-order valence-corrected chi connectivity index (χ0v) is 14.1. The van der Waals surface area contributed by atoms with Gasteiger partial charge in [0.1, 0.15) is 0 Å². The summed E-state index contributed by atoms with van der Waals surface area (Å²) in [6.07, 6.45) is 0. The Balaban J connectivity index is 2.04. The lowest BCUT2D eigenvalue weighted by atomic mass is 10.2. The van der Waals surface area contributed by atoms with Crippen molar-refractivity contribution >= 4 is 28.9 Å². The number of benzene rings is 2. The van der Waals surface area contributed by atoms with E-state index in [1.165, 1.54) is 0 Å². The molecule has 6 heteroatoms. The SMILES string of the molecule is COc1ccccc1OCC(=O)Nc1cc(Cl)ccc1N(C)C. The summed E-state index contributed by atoms with van der Waals surface area (Å²) in [5.74, 6) is 0.822. The van der Waals surface area contributed by atoms with E-state index in [2.05, 4.69) is 5.32 Å². The molecule has 1 amide bonds. The zero-order chi connectivity index (χ0) is 16.8. The van der Waals surface area contributed by atoms with Gasteiger partial charge in [0, 0.05) is 19.1 Å². The Hall–Kier alpha value is -2.40. The molecule has 0 saturated carbocycles. The van der Waals surface area contributed by atoms with Crippen LogP contribution in [0.25, 0.3) is 0 Å². The largest absolute Gasteiger partial charge is 0.493 e. The number of anilines is 2. The molecule has 122 valence electrons. The normalized spacial score (nSPS) is 10.1. The average Bonchev–Trinajstić information content (AvgIpc) is 2.53. The number of methoxy groups -OCH3 is 1. The summed E-state index contributed by atoms with van der Waals surface area (Å²) < 4.78 is 10.7. The van der Waals surface area contributed by atoms with E-state index in [1.54, 1.807) is 31.4 Å². The molecule has 0 fully saturated rings. The molecule has 0 heterocycles. The smallest absolute Gasteiger partial charge is 0.262 e. The van der Waals surface area contributed by atoms with Crippen molar-refractivity contribution in [1.29, 1.82) is 0 Å². The molecule has 0 radical (unpaired) electrons. The second-order valence-corrected chi connectivity index (χ2v) is 5.48. The molecule has 2 aromatic rings. The van der Waals surface area contributed by atoms with Gasteiger partial charge in [-0.2, -0.15) is 0 Å². The number of ether oxygens (including phenoxy) is 2.